The first-order valence-electron chi connectivity index (χ1n) is 7.09. The fourth-order valence-electron chi connectivity index (χ4n) is 2.62. The van der Waals surface area contributed by atoms with Crippen LogP contribution >= 0.6 is 11.6 Å². The highest BCUT2D eigenvalue weighted by Gasteiger charge is 2.24. The Morgan fingerprint density at radius 1 is 1.48 bits per heavy atom. The Labute approximate surface area is 128 Å². The number of hydrogen-bond acceptors (Lipinski definition) is 3. The first-order valence-corrected chi connectivity index (χ1v) is 7.47. The van der Waals surface area contributed by atoms with E-state index in [1.165, 1.54) is 0 Å². The predicted octanol–water partition coefficient (Wildman–Crippen LogP) is 3.04. The van der Waals surface area contributed by atoms with Gasteiger partial charge in [-0.25, -0.2) is 4.98 Å². The lowest BCUT2D eigenvalue weighted by molar-refractivity contribution is 0.0917. The van der Waals surface area contributed by atoms with E-state index < -0.39 is 0 Å². The average Bonchev–Trinajstić information content (AvgIpc) is 3.01. The Morgan fingerprint density at radius 3 is 3.05 bits per heavy atom. The molecule has 0 spiro atoms. The van der Waals surface area contributed by atoms with Crippen molar-refractivity contribution in [2.24, 2.45) is 5.92 Å². The molecular formula is C16H17ClN2O2. The van der Waals surface area contributed by atoms with Gasteiger partial charge in [0.2, 0.25) is 0 Å². The van der Waals surface area contributed by atoms with E-state index in [9.17, 15) is 4.79 Å². The molecule has 1 saturated heterocycles. The minimum absolute atomic E-state index is 0.0621. The highest BCUT2D eigenvalue weighted by atomic mass is 35.5. The lowest BCUT2D eigenvalue weighted by Crippen LogP contribution is -2.38. The second-order valence-corrected chi connectivity index (χ2v) is 5.76. The lowest BCUT2D eigenvalue weighted by Gasteiger charge is -2.19. The largest absolute Gasteiger partial charge is 0.381 e. The van der Waals surface area contributed by atoms with E-state index in [-0.39, 0.29) is 11.9 Å². The second kappa shape index (κ2) is 6.00. The fourth-order valence-corrected chi connectivity index (χ4v) is 2.88. The van der Waals surface area contributed by atoms with Gasteiger partial charge in [0.1, 0.15) is 10.8 Å². The van der Waals surface area contributed by atoms with Gasteiger partial charge >= 0.3 is 0 Å². The Kier molecular flexibility index (Phi) is 4.08. The van der Waals surface area contributed by atoms with Crippen molar-refractivity contribution in [2.45, 2.75) is 19.4 Å². The summed E-state index contributed by atoms with van der Waals surface area (Å²) in [6.45, 7) is 3.47. The quantitative estimate of drug-likeness (QED) is 0.887. The monoisotopic (exact) mass is 304 g/mol. The van der Waals surface area contributed by atoms with E-state index in [0.29, 0.717) is 23.4 Å². The van der Waals surface area contributed by atoms with Crippen molar-refractivity contribution in [2.75, 3.05) is 13.2 Å². The molecular weight excluding hydrogens is 288 g/mol. The van der Waals surface area contributed by atoms with Crippen molar-refractivity contribution in [3.05, 3.63) is 41.2 Å². The summed E-state index contributed by atoms with van der Waals surface area (Å²) in [5, 5.41) is 5.12. The van der Waals surface area contributed by atoms with E-state index in [4.69, 9.17) is 16.3 Å². The summed E-state index contributed by atoms with van der Waals surface area (Å²) in [4.78, 5) is 16.5. The van der Waals surface area contributed by atoms with Gasteiger partial charge < -0.3 is 10.1 Å². The Balaban J connectivity index is 1.81. The van der Waals surface area contributed by atoms with Gasteiger partial charge in [0.05, 0.1) is 6.61 Å². The van der Waals surface area contributed by atoms with Crippen molar-refractivity contribution in [3.8, 4) is 0 Å². The number of halogens is 1. The molecule has 1 aromatic heterocycles. The zero-order valence-electron chi connectivity index (χ0n) is 11.8. The predicted molar refractivity (Wildman–Crippen MR) is 82.6 cm³/mol. The SMILES string of the molecule is CC(NC(=O)c1cc2ccccc2c(Cl)n1)C1CCOC1. The number of benzene rings is 1. The van der Waals surface area contributed by atoms with Gasteiger partial charge in [-0.15, -0.1) is 0 Å². The Morgan fingerprint density at radius 2 is 2.29 bits per heavy atom. The summed E-state index contributed by atoms with van der Waals surface area (Å²) in [6, 6.07) is 9.47. The zero-order chi connectivity index (χ0) is 14.8. The molecule has 0 radical (unpaired) electrons. The molecule has 0 bridgehead atoms. The number of nitrogens with zero attached hydrogens (tertiary/aromatic N) is 1. The van der Waals surface area contributed by atoms with Crippen molar-refractivity contribution in [1.82, 2.24) is 10.3 Å². The fraction of sp³-hybridized carbons (Fsp3) is 0.375. The van der Waals surface area contributed by atoms with Crippen molar-refractivity contribution in [3.63, 3.8) is 0 Å². The van der Waals surface area contributed by atoms with E-state index in [1.807, 2.05) is 31.2 Å². The van der Waals surface area contributed by atoms with Gasteiger partial charge in [0.25, 0.3) is 5.91 Å². The molecule has 2 atom stereocenters. The maximum atomic E-state index is 12.3. The number of pyridine rings is 1. The molecule has 2 unspecified atom stereocenters. The van der Waals surface area contributed by atoms with Gasteiger partial charge in [-0.3, -0.25) is 4.79 Å². The van der Waals surface area contributed by atoms with Gasteiger partial charge in [-0.05, 0) is 24.8 Å². The van der Waals surface area contributed by atoms with Crippen LogP contribution in [0.4, 0.5) is 0 Å². The number of ether oxygens (including phenoxy) is 1. The summed E-state index contributed by atoms with van der Waals surface area (Å²) in [5.41, 5.74) is 0.351. The van der Waals surface area contributed by atoms with Crippen LogP contribution in [0.5, 0.6) is 0 Å². The maximum absolute atomic E-state index is 12.3. The lowest BCUT2D eigenvalue weighted by atomic mass is 10.0. The summed E-state index contributed by atoms with van der Waals surface area (Å²) in [7, 11) is 0. The number of nitrogens with one attached hydrogen (secondary N) is 1. The first-order chi connectivity index (χ1) is 10.1. The topological polar surface area (TPSA) is 51.2 Å². The average molecular weight is 305 g/mol. The molecule has 2 heterocycles. The molecule has 2 aromatic rings. The highest BCUT2D eigenvalue weighted by Crippen LogP contribution is 2.22. The third-order valence-electron chi connectivity index (χ3n) is 3.96. The molecule has 1 aliphatic rings. The van der Waals surface area contributed by atoms with Crippen LogP contribution in [-0.4, -0.2) is 30.1 Å². The molecule has 1 N–H and O–H groups in total. The number of fused-ring (bicyclic) bond motifs is 1. The molecule has 1 amide bonds. The number of aromatic nitrogens is 1. The first kappa shape index (κ1) is 14.3. The maximum Gasteiger partial charge on any atom is 0.270 e. The number of carbonyl (C=O) groups excluding carboxylic acids is 1. The van der Waals surface area contributed by atoms with Crippen LogP contribution in [0.3, 0.4) is 0 Å². The highest BCUT2D eigenvalue weighted by molar-refractivity contribution is 6.34. The van der Waals surface area contributed by atoms with Gasteiger partial charge in [0.15, 0.2) is 0 Å². The number of rotatable bonds is 3. The molecule has 1 fully saturated rings. The van der Waals surface area contributed by atoms with Crippen LogP contribution in [0, 0.1) is 5.92 Å². The van der Waals surface area contributed by atoms with E-state index in [0.717, 1.165) is 23.8 Å². The molecule has 0 aliphatic carbocycles. The van der Waals surface area contributed by atoms with E-state index in [2.05, 4.69) is 10.3 Å². The Hall–Kier alpha value is -1.65. The van der Waals surface area contributed by atoms with Crippen LogP contribution < -0.4 is 5.32 Å². The summed E-state index contributed by atoms with van der Waals surface area (Å²) < 4.78 is 5.35. The van der Waals surface area contributed by atoms with Crippen molar-refractivity contribution in [1.29, 1.82) is 0 Å². The third kappa shape index (κ3) is 3.01. The standard InChI is InChI=1S/C16H17ClN2O2/c1-10(12-6-7-21-9-12)18-16(20)14-8-11-4-2-3-5-13(11)15(17)19-14/h2-5,8,10,12H,6-7,9H2,1H3,(H,18,20). The molecule has 110 valence electrons. The minimum atomic E-state index is -0.193. The zero-order valence-corrected chi connectivity index (χ0v) is 12.6. The molecule has 5 heteroatoms. The third-order valence-corrected chi connectivity index (χ3v) is 4.25. The molecule has 3 rings (SSSR count). The van der Waals surface area contributed by atoms with Crippen LogP contribution in [0.25, 0.3) is 10.8 Å². The molecule has 1 aromatic carbocycles. The summed E-state index contributed by atoms with van der Waals surface area (Å²) in [6.07, 6.45) is 0.980. The van der Waals surface area contributed by atoms with Crippen molar-refractivity contribution < 1.29 is 9.53 Å². The van der Waals surface area contributed by atoms with E-state index >= 15 is 0 Å². The molecule has 0 saturated carbocycles. The van der Waals surface area contributed by atoms with Crippen LogP contribution in [0.15, 0.2) is 30.3 Å². The Bertz CT molecular complexity index is 668. The number of amides is 1. The van der Waals surface area contributed by atoms with Gasteiger partial charge in [-0.2, -0.15) is 0 Å². The molecule has 1 aliphatic heterocycles. The van der Waals surface area contributed by atoms with Gasteiger partial charge in [-0.1, -0.05) is 35.9 Å². The normalized spacial score (nSPS) is 19.6. The molecule has 21 heavy (non-hydrogen) atoms. The number of carbonyl (C=O) groups is 1. The summed E-state index contributed by atoms with van der Waals surface area (Å²) in [5.74, 6) is 0.173. The van der Waals surface area contributed by atoms with Crippen LogP contribution in [-0.2, 0) is 4.74 Å². The summed E-state index contributed by atoms with van der Waals surface area (Å²) >= 11 is 6.16. The van der Waals surface area contributed by atoms with E-state index in [1.54, 1.807) is 6.07 Å². The smallest absolute Gasteiger partial charge is 0.270 e. The van der Waals surface area contributed by atoms with Crippen molar-refractivity contribution >= 4 is 28.3 Å². The minimum Gasteiger partial charge on any atom is -0.381 e. The molecule has 4 nitrogen and oxygen atoms in total. The number of hydrogen-bond donors (Lipinski definition) is 1. The van der Waals surface area contributed by atoms with Crippen LogP contribution in [0.1, 0.15) is 23.8 Å². The van der Waals surface area contributed by atoms with Gasteiger partial charge in [0, 0.05) is 24.0 Å². The second-order valence-electron chi connectivity index (χ2n) is 5.41. The van der Waals surface area contributed by atoms with Crippen LogP contribution in [0.2, 0.25) is 5.15 Å².